The van der Waals surface area contributed by atoms with Gasteiger partial charge in [0, 0.05) is 69.6 Å². The third kappa shape index (κ3) is 7.29. The van der Waals surface area contributed by atoms with E-state index in [1.54, 1.807) is 0 Å². The number of aryl methyl sites for hydroxylation is 1. The number of nitrogens with zero attached hydrogens (tertiary/aromatic N) is 4. The quantitative estimate of drug-likeness (QED) is 0.216. The van der Waals surface area contributed by atoms with Crippen LogP contribution in [-0.2, 0) is 60.2 Å². The van der Waals surface area contributed by atoms with Crippen LogP contribution in [0.2, 0.25) is 0 Å². The van der Waals surface area contributed by atoms with Gasteiger partial charge < -0.3 is 17.1 Å². The number of Topliss-reactive ketones (excluding diaryl/α,β-unsaturated/α-hetero) is 1. The molecule has 0 atom stereocenters. The molecule has 2 heterocycles. The van der Waals surface area contributed by atoms with Gasteiger partial charge in [0.15, 0.2) is 0 Å². The molecule has 1 aliphatic heterocycles. The molecular formula is C29H34N4O3Y-2. The number of fused-ring (bicyclic) bond motifs is 5. The van der Waals surface area contributed by atoms with E-state index in [9.17, 15) is 14.4 Å². The molecule has 3 aromatic rings. The molecule has 193 valence electrons. The minimum Gasteiger partial charge on any atom is -0.542 e. The van der Waals surface area contributed by atoms with Crippen molar-refractivity contribution in [3.05, 3.63) is 61.5 Å². The second-order valence-electron chi connectivity index (χ2n) is 8.86. The van der Waals surface area contributed by atoms with Crippen molar-refractivity contribution >= 4 is 23.7 Å². The minimum atomic E-state index is 0. The number of ketones is 1. The Labute approximate surface area is 244 Å². The maximum Gasteiger partial charge on any atom is 0.227 e. The third-order valence-corrected chi connectivity index (χ3v) is 6.48. The van der Waals surface area contributed by atoms with Crippen LogP contribution in [0.5, 0.6) is 0 Å². The van der Waals surface area contributed by atoms with Gasteiger partial charge in [0.2, 0.25) is 5.91 Å². The Bertz CT molecular complexity index is 1210. The molecule has 0 aliphatic carbocycles. The monoisotopic (exact) mass is 575 g/mol. The van der Waals surface area contributed by atoms with Crippen molar-refractivity contribution in [2.45, 2.75) is 71.4 Å². The molecule has 37 heavy (non-hydrogen) atoms. The van der Waals surface area contributed by atoms with Crippen molar-refractivity contribution in [2.75, 3.05) is 4.90 Å². The van der Waals surface area contributed by atoms with Crippen molar-refractivity contribution in [1.82, 2.24) is 15.0 Å². The molecule has 0 unspecified atom stereocenters. The smallest absolute Gasteiger partial charge is 0.227 e. The van der Waals surface area contributed by atoms with Gasteiger partial charge >= 0.3 is 0 Å². The Morgan fingerprint density at radius 1 is 0.946 bits per heavy atom. The van der Waals surface area contributed by atoms with E-state index in [4.69, 9.17) is 0 Å². The van der Waals surface area contributed by atoms with E-state index in [1.807, 2.05) is 71.3 Å². The first-order valence-electron chi connectivity index (χ1n) is 12.4. The maximum absolute atomic E-state index is 13.5. The Morgan fingerprint density at radius 2 is 1.65 bits per heavy atom. The van der Waals surface area contributed by atoms with Crippen LogP contribution < -0.4 is 4.90 Å². The number of aromatic nitrogens is 3. The van der Waals surface area contributed by atoms with Crippen LogP contribution in [0.25, 0.3) is 22.5 Å². The van der Waals surface area contributed by atoms with Gasteiger partial charge in [-0.2, -0.15) is 6.42 Å². The van der Waals surface area contributed by atoms with Crippen LogP contribution in [0.15, 0.2) is 48.5 Å². The van der Waals surface area contributed by atoms with Gasteiger partial charge in [-0.25, -0.2) is 4.68 Å². The second kappa shape index (κ2) is 15.0. The van der Waals surface area contributed by atoms with E-state index in [0.29, 0.717) is 45.2 Å². The zero-order valence-corrected chi connectivity index (χ0v) is 24.6. The number of rotatable bonds is 11. The summed E-state index contributed by atoms with van der Waals surface area (Å²) in [5.74, 6) is 0.280. The van der Waals surface area contributed by atoms with E-state index in [-0.39, 0.29) is 51.8 Å². The number of amides is 1. The molecule has 0 fully saturated rings. The second-order valence-corrected chi connectivity index (χ2v) is 8.86. The topological polar surface area (TPSA) is 85.2 Å². The summed E-state index contributed by atoms with van der Waals surface area (Å²) in [6.45, 7) is 2.94. The van der Waals surface area contributed by atoms with Crippen molar-refractivity contribution in [1.29, 1.82) is 0 Å². The number of benzene rings is 2. The predicted octanol–water partition coefficient (Wildman–Crippen LogP) is 5.73. The van der Waals surface area contributed by atoms with Crippen LogP contribution in [0.1, 0.15) is 63.9 Å². The van der Waals surface area contributed by atoms with Gasteiger partial charge in [0.1, 0.15) is 11.5 Å². The molecule has 7 nitrogen and oxygen atoms in total. The summed E-state index contributed by atoms with van der Waals surface area (Å²) in [6, 6.07) is 15.9. The minimum absolute atomic E-state index is 0. The van der Waals surface area contributed by atoms with Crippen molar-refractivity contribution in [2.24, 2.45) is 0 Å². The number of carbonyl (C=O) groups is 2. The SMILES string of the molecule is CCC(=O)CCCCC(=O)N1Cc2ccccc2-c2nnn(CCCC[C-]=O)c2-c2ccccc21.[CH3-].[Y]. The summed E-state index contributed by atoms with van der Waals surface area (Å²) in [5.41, 5.74) is 5.42. The van der Waals surface area contributed by atoms with Gasteiger partial charge in [0.25, 0.3) is 0 Å². The van der Waals surface area contributed by atoms with Crippen molar-refractivity contribution in [3.8, 4) is 22.5 Å². The Balaban J connectivity index is 0.00000241. The van der Waals surface area contributed by atoms with E-state index < -0.39 is 0 Å². The third-order valence-electron chi connectivity index (χ3n) is 6.48. The normalized spacial score (nSPS) is 11.5. The molecule has 0 bridgehead atoms. The van der Waals surface area contributed by atoms with Crippen LogP contribution >= 0.6 is 0 Å². The van der Waals surface area contributed by atoms with Gasteiger partial charge in [-0.1, -0.05) is 61.0 Å². The summed E-state index contributed by atoms with van der Waals surface area (Å²) in [4.78, 5) is 37.6. The molecule has 1 amide bonds. The summed E-state index contributed by atoms with van der Waals surface area (Å²) in [6.07, 6.45) is 6.74. The first-order valence-corrected chi connectivity index (χ1v) is 12.4. The first-order chi connectivity index (χ1) is 17.1. The fourth-order valence-electron chi connectivity index (χ4n) is 4.56. The largest absolute Gasteiger partial charge is 0.542 e. The van der Waals surface area contributed by atoms with E-state index in [0.717, 1.165) is 53.0 Å². The molecular weight excluding hydrogens is 541 g/mol. The molecule has 1 aromatic heterocycles. The molecule has 0 saturated carbocycles. The van der Waals surface area contributed by atoms with Crippen LogP contribution in [0, 0.1) is 7.43 Å². The Hall–Kier alpha value is -2.51. The van der Waals surface area contributed by atoms with Crippen LogP contribution in [0.4, 0.5) is 5.69 Å². The Kier molecular flexibility index (Phi) is 12.5. The number of carbonyl (C=O) groups excluding carboxylic acids is 3. The van der Waals surface area contributed by atoms with Crippen molar-refractivity contribution < 1.29 is 47.1 Å². The predicted molar refractivity (Wildman–Crippen MR) is 142 cm³/mol. The zero-order chi connectivity index (χ0) is 24.6. The summed E-state index contributed by atoms with van der Waals surface area (Å²) in [5, 5.41) is 9.02. The summed E-state index contributed by atoms with van der Waals surface area (Å²) in [7, 11) is 0. The van der Waals surface area contributed by atoms with E-state index in [2.05, 4.69) is 10.3 Å². The average Bonchev–Trinajstić information content (AvgIpc) is 3.29. The number of para-hydroxylation sites is 1. The van der Waals surface area contributed by atoms with Gasteiger partial charge in [-0.15, -0.1) is 5.10 Å². The molecule has 0 saturated heterocycles. The molecule has 8 heteroatoms. The fourth-order valence-corrected chi connectivity index (χ4v) is 4.56. The van der Waals surface area contributed by atoms with Gasteiger partial charge in [-0.3, -0.25) is 15.9 Å². The molecule has 2 aromatic carbocycles. The number of anilines is 1. The van der Waals surface area contributed by atoms with Gasteiger partial charge in [-0.05, 0) is 30.9 Å². The maximum atomic E-state index is 13.5. The molecule has 1 radical (unpaired) electrons. The standard InChI is InChI=1S/C28H31N4O3.CH3.Y/c1-2-22(34)13-5-9-17-26(35)31-20-21-12-4-6-14-23(21)27-28(24-15-7-8-16-25(24)31)32(30-29-27)18-10-3-11-19-33;;/h4,6-8,12,14-16H,2-3,5,9-11,13,17-18,20H2,1H3;1H3;/q2*-1;. The molecule has 1 aliphatic rings. The molecule has 0 N–H and O–H groups in total. The number of unbranched alkanes of at least 4 members (excludes halogenated alkanes) is 3. The Morgan fingerprint density at radius 3 is 2.41 bits per heavy atom. The van der Waals surface area contributed by atoms with Crippen LogP contribution in [0.3, 0.4) is 0 Å². The zero-order valence-electron chi connectivity index (χ0n) is 21.8. The van der Waals surface area contributed by atoms with E-state index in [1.165, 1.54) is 0 Å². The van der Waals surface area contributed by atoms with Crippen molar-refractivity contribution in [3.63, 3.8) is 0 Å². The number of hydrogen-bond acceptors (Lipinski definition) is 5. The molecule has 4 rings (SSSR count). The summed E-state index contributed by atoms with van der Waals surface area (Å²) < 4.78 is 1.89. The molecule has 0 spiro atoms. The van der Waals surface area contributed by atoms with Crippen LogP contribution in [-0.4, -0.2) is 33.0 Å². The number of hydrogen-bond donors (Lipinski definition) is 0. The van der Waals surface area contributed by atoms with Gasteiger partial charge in [0.05, 0.1) is 17.9 Å². The summed E-state index contributed by atoms with van der Waals surface area (Å²) >= 11 is 0. The fraction of sp³-hybridized carbons (Fsp3) is 0.379. The first kappa shape index (κ1) is 30.7. The average molecular weight is 576 g/mol. The van der Waals surface area contributed by atoms with E-state index >= 15 is 0 Å².